The molecule has 0 bridgehead atoms. The molecule has 0 aliphatic carbocycles. The van der Waals surface area contributed by atoms with Crippen molar-refractivity contribution in [3.63, 3.8) is 0 Å². The summed E-state index contributed by atoms with van der Waals surface area (Å²) in [6.45, 7) is 6.83. The average Bonchev–Trinajstić information content (AvgIpc) is 2.81. The molecule has 2 N–H and O–H groups in total. The first-order chi connectivity index (χ1) is 9.99. The molecular weight excluding hydrogens is 266 g/mol. The maximum absolute atomic E-state index is 12.1. The van der Waals surface area contributed by atoms with E-state index in [2.05, 4.69) is 33.1 Å². The van der Waals surface area contributed by atoms with Gasteiger partial charge in [0.2, 0.25) is 5.91 Å². The third-order valence-corrected chi connectivity index (χ3v) is 3.19. The molecule has 0 saturated carbocycles. The summed E-state index contributed by atoms with van der Waals surface area (Å²) in [5.41, 5.74) is 5.01. The van der Waals surface area contributed by atoms with Gasteiger partial charge in [-0.15, -0.1) is 5.10 Å². The van der Waals surface area contributed by atoms with Crippen LogP contribution in [0.15, 0.2) is 18.3 Å². The van der Waals surface area contributed by atoms with Gasteiger partial charge in [0.1, 0.15) is 6.54 Å². The Morgan fingerprint density at radius 1 is 1.24 bits per heavy atom. The topological polar surface area (TPSA) is 71.8 Å². The van der Waals surface area contributed by atoms with Gasteiger partial charge in [0.15, 0.2) is 0 Å². The van der Waals surface area contributed by atoms with Crippen LogP contribution < -0.4 is 10.6 Å². The summed E-state index contributed by atoms with van der Waals surface area (Å²) in [6.07, 6.45) is 1.77. The van der Waals surface area contributed by atoms with E-state index >= 15 is 0 Å². The normalized spacial score (nSPS) is 10.7. The molecule has 0 aliphatic rings. The number of hydrogen-bond acceptors (Lipinski definition) is 4. The Labute approximate surface area is 124 Å². The van der Waals surface area contributed by atoms with Crippen molar-refractivity contribution in [3.05, 3.63) is 40.7 Å². The van der Waals surface area contributed by atoms with Crippen molar-refractivity contribution in [1.82, 2.24) is 20.3 Å². The van der Waals surface area contributed by atoms with Gasteiger partial charge in [0, 0.05) is 12.2 Å². The van der Waals surface area contributed by atoms with Gasteiger partial charge in [-0.05, 0) is 38.9 Å². The van der Waals surface area contributed by atoms with Crippen LogP contribution in [0.4, 0.5) is 5.69 Å². The Bertz CT molecular complexity index is 624. The molecule has 1 amide bonds. The van der Waals surface area contributed by atoms with Gasteiger partial charge < -0.3 is 10.6 Å². The lowest BCUT2D eigenvalue weighted by molar-refractivity contribution is -0.116. The second kappa shape index (κ2) is 6.49. The molecule has 2 aromatic rings. The summed E-state index contributed by atoms with van der Waals surface area (Å²) < 4.78 is 1.54. The molecule has 2 rings (SSSR count). The highest BCUT2D eigenvalue weighted by molar-refractivity contribution is 5.92. The van der Waals surface area contributed by atoms with Crippen molar-refractivity contribution >= 4 is 11.6 Å². The van der Waals surface area contributed by atoms with E-state index < -0.39 is 0 Å². The molecule has 1 heterocycles. The summed E-state index contributed by atoms with van der Waals surface area (Å²) in [5, 5.41) is 13.9. The van der Waals surface area contributed by atoms with Crippen molar-refractivity contribution in [2.75, 3.05) is 12.4 Å². The number of rotatable bonds is 5. The van der Waals surface area contributed by atoms with Crippen LogP contribution in [0.2, 0.25) is 0 Å². The second-order valence-corrected chi connectivity index (χ2v) is 5.26. The van der Waals surface area contributed by atoms with Crippen LogP contribution in [-0.2, 0) is 17.9 Å². The molecule has 112 valence electrons. The highest BCUT2D eigenvalue weighted by Crippen LogP contribution is 2.21. The minimum absolute atomic E-state index is 0.106. The standard InChI is InChI=1S/C15H21N5O/c1-10-5-11(2)15(12(3)6-10)17-14(21)9-20-8-13(7-16-4)18-19-20/h5-6,8,16H,7,9H2,1-4H3,(H,17,21). The summed E-state index contributed by atoms with van der Waals surface area (Å²) in [6, 6.07) is 4.12. The first-order valence-electron chi connectivity index (χ1n) is 6.91. The first kappa shape index (κ1) is 15.2. The lowest BCUT2D eigenvalue weighted by Crippen LogP contribution is -2.20. The van der Waals surface area contributed by atoms with E-state index in [1.165, 1.54) is 5.56 Å². The number of amides is 1. The fourth-order valence-corrected chi connectivity index (χ4v) is 2.38. The predicted molar refractivity (Wildman–Crippen MR) is 82.1 cm³/mol. The summed E-state index contributed by atoms with van der Waals surface area (Å²) in [7, 11) is 1.84. The van der Waals surface area contributed by atoms with E-state index in [9.17, 15) is 4.79 Å². The molecule has 0 aliphatic heterocycles. The Balaban J connectivity index is 2.04. The summed E-state index contributed by atoms with van der Waals surface area (Å²) in [5.74, 6) is -0.106. The largest absolute Gasteiger partial charge is 0.324 e. The average molecular weight is 287 g/mol. The molecule has 0 radical (unpaired) electrons. The molecule has 1 aromatic carbocycles. The number of hydrogen-bond donors (Lipinski definition) is 2. The van der Waals surface area contributed by atoms with Crippen molar-refractivity contribution < 1.29 is 4.79 Å². The van der Waals surface area contributed by atoms with Crippen molar-refractivity contribution in [2.24, 2.45) is 0 Å². The van der Waals surface area contributed by atoms with Crippen LogP contribution in [0.25, 0.3) is 0 Å². The Morgan fingerprint density at radius 2 is 1.90 bits per heavy atom. The smallest absolute Gasteiger partial charge is 0.246 e. The van der Waals surface area contributed by atoms with Crippen LogP contribution in [0.5, 0.6) is 0 Å². The second-order valence-electron chi connectivity index (χ2n) is 5.26. The minimum atomic E-state index is -0.106. The number of carbonyl (C=O) groups is 1. The van der Waals surface area contributed by atoms with E-state index in [0.29, 0.717) is 6.54 Å². The van der Waals surface area contributed by atoms with Crippen molar-refractivity contribution in [3.8, 4) is 0 Å². The number of anilines is 1. The van der Waals surface area contributed by atoms with Crippen LogP contribution in [0, 0.1) is 20.8 Å². The Hall–Kier alpha value is -2.21. The number of benzene rings is 1. The highest BCUT2D eigenvalue weighted by atomic mass is 16.2. The zero-order valence-corrected chi connectivity index (χ0v) is 12.9. The zero-order chi connectivity index (χ0) is 15.4. The SMILES string of the molecule is CNCc1cn(CC(=O)Nc2c(C)cc(C)cc2C)nn1. The lowest BCUT2D eigenvalue weighted by Gasteiger charge is -2.12. The zero-order valence-electron chi connectivity index (χ0n) is 12.9. The molecule has 0 saturated heterocycles. The highest BCUT2D eigenvalue weighted by Gasteiger charge is 2.10. The Morgan fingerprint density at radius 3 is 2.52 bits per heavy atom. The number of aryl methyl sites for hydroxylation is 3. The molecule has 1 aromatic heterocycles. The maximum Gasteiger partial charge on any atom is 0.246 e. The lowest BCUT2D eigenvalue weighted by atomic mass is 10.1. The first-order valence-corrected chi connectivity index (χ1v) is 6.91. The summed E-state index contributed by atoms with van der Waals surface area (Å²) >= 11 is 0. The predicted octanol–water partition coefficient (Wildman–Crippen LogP) is 1.56. The fraction of sp³-hybridized carbons (Fsp3) is 0.400. The Kier molecular flexibility index (Phi) is 4.70. The van der Waals surface area contributed by atoms with Crippen molar-refractivity contribution in [2.45, 2.75) is 33.9 Å². The van der Waals surface area contributed by atoms with Gasteiger partial charge >= 0.3 is 0 Å². The molecule has 0 spiro atoms. The van der Waals surface area contributed by atoms with Gasteiger partial charge in [-0.1, -0.05) is 22.9 Å². The third kappa shape index (κ3) is 3.88. The number of carbonyl (C=O) groups excluding carboxylic acids is 1. The van der Waals surface area contributed by atoms with E-state index in [1.807, 2.05) is 27.8 Å². The molecule has 0 fully saturated rings. The fourth-order valence-electron chi connectivity index (χ4n) is 2.38. The van der Waals surface area contributed by atoms with Gasteiger partial charge in [-0.3, -0.25) is 4.79 Å². The monoisotopic (exact) mass is 287 g/mol. The quantitative estimate of drug-likeness (QED) is 0.875. The van der Waals surface area contributed by atoms with E-state index in [1.54, 1.807) is 10.9 Å². The third-order valence-electron chi connectivity index (χ3n) is 3.19. The van der Waals surface area contributed by atoms with Gasteiger partial charge in [-0.25, -0.2) is 4.68 Å². The number of nitrogens with zero attached hydrogens (tertiary/aromatic N) is 3. The van der Waals surface area contributed by atoms with Gasteiger partial charge in [-0.2, -0.15) is 0 Å². The van der Waals surface area contributed by atoms with Gasteiger partial charge in [0.05, 0.1) is 11.9 Å². The number of nitrogens with one attached hydrogen (secondary N) is 2. The molecule has 6 heteroatoms. The molecular formula is C15H21N5O. The molecule has 0 unspecified atom stereocenters. The van der Waals surface area contributed by atoms with E-state index in [4.69, 9.17) is 0 Å². The van der Waals surface area contributed by atoms with Crippen LogP contribution in [0.3, 0.4) is 0 Å². The minimum Gasteiger partial charge on any atom is -0.324 e. The molecule has 0 atom stereocenters. The number of aromatic nitrogens is 3. The molecule has 21 heavy (non-hydrogen) atoms. The van der Waals surface area contributed by atoms with E-state index in [0.717, 1.165) is 22.5 Å². The van der Waals surface area contributed by atoms with Gasteiger partial charge in [0.25, 0.3) is 0 Å². The van der Waals surface area contributed by atoms with E-state index in [-0.39, 0.29) is 12.5 Å². The summed E-state index contributed by atoms with van der Waals surface area (Å²) in [4.78, 5) is 12.1. The van der Waals surface area contributed by atoms with Crippen LogP contribution >= 0.6 is 0 Å². The molecule has 6 nitrogen and oxygen atoms in total. The van der Waals surface area contributed by atoms with Crippen molar-refractivity contribution in [1.29, 1.82) is 0 Å². The van der Waals surface area contributed by atoms with Crippen LogP contribution in [0.1, 0.15) is 22.4 Å². The van der Waals surface area contributed by atoms with Crippen LogP contribution in [-0.4, -0.2) is 27.9 Å². The maximum atomic E-state index is 12.1.